The number of nitrogens with two attached hydrogens (primary N) is 1. The van der Waals surface area contributed by atoms with Crippen molar-refractivity contribution in [2.24, 2.45) is 12.8 Å². The monoisotopic (exact) mass is 232 g/mol. The number of hydrogen-bond acceptors (Lipinski definition) is 3. The maximum absolute atomic E-state index is 11.3. The number of aromatic nitrogens is 2. The summed E-state index contributed by atoms with van der Waals surface area (Å²) in [5.74, 6) is 0.486. The van der Waals surface area contributed by atoms with Gasteiger partial charge >= 0.3 is 0 Å². The number of rotatable bonds is 3. The van der Waals surface area contributed by atoms with E-state index in [0.717, 1.165) is 12.1 Å². The van der Waals surface area contributed by atoms with Gasteiger partial charge in [-0.25, -0.2) is 0 Å². The lowest BCUT2D eigenvalue weighted by Gasteiger charge is -2.06. The topological polar surface area (TPSA) is 72.9 Å². The Balaban J connectivity index is 0.00000196. The van der Waals surface area contributed by atoms with E-state index in [0.29, 0.717) is 5.82 Å². The second-order valence-electron chi connectivity index (χ2n) is 3.28. The highest BCUT2D eigenvalue weighted by Crippen LogP contribution is 2.09. The summed E-state index contributed by atoms with van der Waals surface area (Å²) in [6, 6.07) is 1.34. The predicted molar refractivity (Wildman–Crippen MR) is 62.1 cm³/mol. The van der Waals surface area contributed by atoms with Crippen LogP contribution in [0.2, 0.25) is 0 Å². The van der Waals surface area contributed by atoms with E-state index in [1.807, 2.05) is 13.0 Å². The molecule has 1 atom stereocenters. The summed E-state index contributed by atoms with van der Waals surface area (Å²) in [4.78, 5) is 11.3. The van der Waals surface area contributed by atoms with Crippen LogP contribution in [0.4, 0.5) is 5.82 Å². The lowest BCUT2D eigenvalue weighted by molar-refractivity contribution is -0.117. The highest BCUT2D eigenvalue weighted by Gasteiger charge is 2.10. The molecule has 0 saturated heterocycles. The summed E-state index contributed by atoms with van der Waals surface area (Å²) in [7, 11) is 1.79. The molecule has 0 aliphatic carbocycles. The lowest BCUT2D eigenvalue weighted by atomic mass is 10.3. The molecule has 5 nitrogen and oxygen atoms in total. The molecular formula is C9H17ClN4O. The van der Waals surface area contributed by atoms with Crippen LogP contribution in [-0.2, 0) is 18.3 Å². The fourth-order valence-corrected chi connectivity index (χ4v) is 1.06. The third-order valence-corrected chi connectivity index (χ3v) is 1.96. The summed E-state index contributed by atoms with van der Waals surface area (Å²) in [6.45, 7) is 3.66. The molecule has 0 radical (unpaired) electrons. The Hall–Kier alpha value is -1.07. The molecule has 0 unspecified atom stereocenters. The summed E-state index contributed by atoms with van der Waals surface area (Å²) in [5, 5.41) is 6.90. The van der Waals surface area contributed by atoms with Crippen molar-refractivity contribution in [3.63, 3.8) is 0 Å². The second-order valence-corrected chi connectivity index (χ2v) is 3.28. The smallest absolute Gasteiger partial charge is 0.242 e. The zero-order valence-electron chi connectivity index (χ0n) is 9.15. The van der Waals surface area contributed by atoms with E-state index in [1.54, 1.807) is 18.7 Å². The number of hydrogen-bond donors (Lipinski definition) is 2. The van der Waals surface area contributed by atoms with Gasteiger partial charge in [-0.3, -0.25) is 9.48 Å². The molecular weight excluding hydrogens is 216 g/mol. The molecule has 1 rings (SSSR count). The third kappa shape index (κ3) is 3.53. The van der Waals surface area contributed by atoms with Crippen LogP contribution < -0.4 is 11.1 Å². The number of carbonyl (C=O) groups excluding carboxylic acids is 1. The third-order valence-electron chi connectivity index (χ3n) is 1.96. The largest absolute Gasteiger partial charge is 0.320 e. The first kappa shape index (κ1) is 13.9. The van der Waals surface area contributed by atoms with Crippen molar-refractivity contribution in [3.05, 3.63) is 11.8 Å². The van der Waals surface area contributed by atoms with Gasteiger partial charge in [-0.1, -0.05) is 6.92 Å². The Morgan fingerprint density at radius 1 is 1.73 bits per heavy atom. The Bertz CT molecular complexity index is 335. The van der Waals surface area contributed by atoms with Crippen molar-refractivity contribution in [2.45, 2.75) is 26.3 Å². The van der Waals surface area contributed by atoms with Crippen LogP contribution in [0.1, 0.15) is 19.5 Å². The number of carbonyl (C=O) groups is 1. The molecule has 1 aromatic heterocycles. The number of nitrogens with one attached hydrogen (secondary N) is 1. The highest BCUT2D eigenvalue weighted by molar-refractivity contribution is 5.93. The van der Waals surface area contributed by atoms with Crippen LogP contribution in [0.5, 0.6) is 0 Å². The average molecular weight is 233 g/mol. The molecule has 1 aromatic rings. The van der Waals surface area contributed by atoms with Crippen LogP contribution in [0.25, 0.3) is 0 Å². The van der Waals surface area contributed by atoms with Crippen molar-refractivity contribution in [1.82, 2.24) is 9.78 Å². The molecule has 0 aromatic carbocycles. The number of aryl methyl sites for hydroxylation is 2. The van der Waals surface area contributed by atoms with Crippen LogP contribution in [0.15, 0.2) is 6.07 Å². The number of nitrogens with zero attached hydrogens (tertiary/aromatic N) is 2. The van der Waals surface area contributed by atoms with Gasteiger partial charge in [0.15, 0.2) is 0 Å². The van der Waals surface area contributed by atoms with Crippen LogP contribution in [0, 0.1) is 0 Å². The molecule has 1 heterocycles. The molecule has 0 saturated carbocycles. The predicted octanol–water partition coefficient (Wildman–Crippen LogP) is 0.690. The van der Waals surface area contributed by atoms with E-state index in [4.69, 9.17) is 5.73 Å². The van der Waals surface area contributed by atoms with Crippen molar-refractivity contribution in [2.75, 3.05) is 5.32 Å². The molecule has 6 heteroatoms. The number of anilines is 1. The fraction of sp³-hybridized carbons (Fsp3) is 0.556. The van der Waals surface area contributed by atoms with Crippen LogP contribution >= 0.6 is 12.4 Å². The van der Waals surface area contributed by atoms with E-state index in [1.165, 1.54) is 0 Å². The molecule has 1 amide bonds. The SMILES string of the molecule is CCc1cc(NC(=O)[C@H](C)N)n(C)n1.Cl. The summed E-state index contributed by atoms with van der Waals surface area (Å²) < 4.78 is 1.64. The van der Waals surface area contributed by atoms with E-state index < -0.39 is 6.04 Å². The van der Waals surface area contributed by atoms with Gasteiger partial charge in [0.25, 0.3) is 0 Å². The zero-order chi connectivity index (χ0) is 10.7. The normalized spacial score (nSPS) is 11.7. The van der Waals surface area contributed by atoms with Gasteiger partial charge in [-0.15, -0.1) is 12.4 Å². The van der Waals surface area contributed by atoms with Gasteiger partial charge in [0, 0.05) is 13.1 Å². The Morgan fingerprint density at radius 3 is 2.73 bits per heavy atom. The molecule has 0 fully saturated rings. The molecule has 86 valence electrons. The van der Waals surface area contributed by atoms with Crippen LogP contribution in [-0.4, -0.2) is 21.7 Å². The van der Waals surface area contributed by atoms with Gasteiger partial charge < -0.3 is 11.1 Å². The minimum atomic E-state index is -0.505. The lowest BCUT2D eigenvalue weighted by Crippen LogP contribution is -2.33. The van der Waals surface area contributed by atoms with Gasteiger partial charge in [-0.2, -0.15) is 5.10 Å². The summed E-state index contributed by atoms with van der Waals surface area (Å²) >= 11 is 0. The Labute approximate surface area is 95.4 Å². The number of halogens is 1. The van der Waals surface area contributed by atoms with E-state index >= 15 is 0 Å². The second kappa shape index (κ2) is 5.72. The standard InChI is InChI=1S/C9H16N4O.ClH/c1-4-7-5-8(13(3)12-7)11-9(14)6(2)10;/h5-6H,4,10H2,1-3H3,(H,11,14);1H/t6-;/m0./s1. The molecule has 0 aliphatic heterocycles. The van der Waals surface area contributed by atoms with Gasteiger partial charge in [0.1, 0.15) is 5.82 Å². The van der Waals surface area contributed by atoms with E-state index in [9.17, 15) is 4.79 Å². The fourth-order valence-electron chi connectivity index (χ4n) is 1.06. The molecule has 15 heavy (non-hydrogen) atoms. The Morgan fingerprint density at radius 2 is 2.33 bits per heavy atom. The van der Waals surface area contributed by atoms with E-state index in [2.05, 4.69) is 10.4 Å². The van der Waals surface area contributed by atoms with Crippen molar-refractivity contribution in [3.8, 4) is 0 Å². The summed E-state index contributed by atoms with van der Waals surface area (Å²) in [5.41, 5.74) is 6.38. The van der Waals surface area contributed by atoms with Crippen LogP contribution in [0.3, 0.4) is 0 Å². The van der Waals surface area contributed by atoms with Crippen molar-refractivity contribution in [1.29, 1.82) is 0 Å². The van der Waals surface area contributed by atoms with Crippen molar-refractivity contribution >= 4 is 24.1 Å². The van der Waals surface area contributed by atoms with E-state index in [-0.39, 0.29) is 18.3 Å². The zero-order valence-corrected chi connectivity index (χ0v) is 9.97. The minimum Gasteiger partial charge on any atom is -0.320 e. The number of amides is 1. The molecule has 3 N–H and O–H groups in total. The molecule has 0 spiro atoms. The van der Waals surface area contributed by atoms with Gasteiger partial charge in [0.2, 0.25) is 5.91 Å². The highest BCUT2D eigenvalue weighted by atomic mass is 35.5. The first-order chi connectivity index (χ1) is 6.54. The minimum absolute atomic E-state index is 0. The quantitative estimate of drug-likeness (QED) is 0.806. The van der Waals surface area contributed by atoms with Crippen molar-refractivity contribution < 1.29 is 4.79 Å². The first-order valence-electron chi connectivity index (χ1n) is 4.64. The Kier molecular flexibility index (Phi) is 5.32. The molecule has 0 bridgehead atoms. The maximum Gasteiger partial charge on any atom is 0.242 e. The molecule has 0 aliphatic rings. The maximum atomic E-state index is 11.3. The summed E-state index contributed by atoms with van der Waals surface area (Å²) in [6.07, 6.45) is 0.849. The first-order valence-corrected chi connectivity index (χ1v) is 4.64. The average Bonchev–Trinajstić information content (AvgIpc) is 2.47. The van der Waals surface area contributed by atoms with Gasteiger partial charge in [-0.05, 0) is 13.3 Å². The van der Waals surface area contributed by atoms with Gasteiger partial charge in [0.05, 0.1) is 11.7 Å².